The number of amides is 1. The summed E-state index contributed by atoms with van der Waals surface area (Å²) < 4.78 is 43.0. The number of ether oxygens (including phenoxy) is 1. The van der Waals surface area contributed by atoms with Gasteiger partial charge in [0.15, 0.2) is 0 Å². The van der Waals surface area contributed by atoms with Crippen molar-refractivity contribution in [3.8, 4) is 6.07 Å². The van der Waals surface area contributed by atoms with Crippen molar-refractivity contribution in [1.29, 1.82) is 5.26 Å². The normalized spacial score (nSPS) is 11.4. The molecule has 0 radical (unpaired) electrons. The Morgan fingerprint density at radius 2 is 2.00 bits per heavy atom. The highest BCUT2D eigenvalue weighted by Crippen LogP contribution is 2.34. The minimum absolute atomic E-state index is 0.00420. The number of halogens is 3. The van der Waals surface area contributed by atoms with E-state index in [4.69, 9.17) is 5.26 Å². The molecule has 0 unspecified atom stereocenters. The Labute approximate surface area is 135 Å². The van der Waals surface area contributed by atoms with Gasteiger partial charge in [-0.25, -0.2) is 0 Å². The number of alkyl halides is 3. The lowest BCUT2D eigenvalue weighted by Crippen LogP contribution is -2.20. The van der Waals surface area contributed by atoms with E-state index in [1.807, 2.05) is 5.32 Å². The van der Waals surface area contributed by atoms with Gasteiger partial charge in [-0.2, -0.15) is 18.4 Å². The first-order valence-corrected chi connectivity index (χ1v) is 6.67. The predicted octanol–water partition coefficient (Wildman–Crippen LogP) is 2.20. The molecule has 1 aromatic rings. The standard InChI is InChI=1S/C15H14F3N3O3/c1-24-13(22)6-7-20-9-10(8-19)14(23)21-12-5-3-2-4-11(12)15(16,17)18/h2-5,9,20H,6-7H2,1H3,(H,21,23)/b10-9-. The van der Waals surface area contributed by atoms with Crippen LogP contribution in [0.5, 0.6) is 0 Å². The van der Waals surface area contributed by atoms with Crippen LogP contribution >= 0.6 is 0 Å². The summed E-state index contributed by atoms with van der Waals surface area (Å²) in [4.78, 5) is 22.8. The van der Waals surface area contributed by atoms with Gasteiger partial charge in [-0.3, -0.25) is 9.59 Å². The minimum atomic E-state index is -4.64. The van der Waals surface area contributed by atoms with Gasteiger partial charge < -0.3 is 15.4 Å². The summed E-state index contributed by atoms with van der Waals surface area (Å²) in [5, 5.41) is 13.5. The fourth-order valence-electron chi connectivity index (χ4n) is 1.63. The van der Waals surface area contributed by atoms with E-state index in [1.165, 1.54) is 19.2 Å². The number of esters is 1. The Morgan fingerprint density at radius 1 is 1.33 bits per heavy atom. The van der Waals surface area contributed by atoms with Gasteiger partial charge in [0.05, 0.1) is 24.8 Å². The number of carbonyl (C=O) groups is 2. The summed E-state index contributed by atoms with van der Waals surface area (Å²) in [6, 6.07) is 5.99. The van der Waals surface area contributed by atoms with Crippen molar-refractivity contribution in [2.45, 2.75) is 12.6 Å². The topological polar surface area (TPSA) is 91.2 Å². The fraction of sp³-hybridized carbons (Fsp3) is 0.267. The van der Waals surface area contributed by atoms with Crippen LogP contribution in [0, 0.1) is 11.3 Å². The number of rotatable bonds is 6. The molecule has 1 aromatic carbocycles. The van der Waals surface area contributed by atoms with E-state index < -0.39 is 34.9 Å². The maximum Gasteiger partial charge on any atom is 0.418 e. The first kappa shape index (κ1) is 19.0. The Morgan fingerprint density at radius 3 is 2.58 bits per heavy atom. The number of anilines is 1. The van der Waals surface area contributed by atoms with Crippen molar-refractivity contribution in [3.63, 3.8) is 0 Å². The molecule has 0 aromatic heterocycles. The van der Waals surface area contributed by atoms with E-state index in [9.17, 15) is 22.8 Å². The third kappa shape index (κ3) is 5.64. The molecule has 128 valence electrons. The van der Waals surface area contributed by atoms with E-state index in [1.54, 1.807) is 6.07 Å². The van der Waals surface area contributed by atoms with Gasteiger partial charge in [-0.05, 0) is 12.1 Å². The largest absolute Gasteiger partial charge is 0.469 e. The highest BCUT2D eigenvalue weighted by molar-refractivity contribution is 6.06. The molecular formula is C15H14F3N3O3. The first-order valence-electron chi connectivity index (χ1n) is 6.67. The number of carbonyl (C=O) groups excluding carboxylic acids is 2. The molecule has 9 heteroatoms. The van der Waals surface area contributed by atoms with E-state index in [0.29, 0.717) is 0 Å². The Kier molecular flexibility index (Phi) is 6.79. The number of methoxy groups -OCH3 is 1. The number of hydrogen-bond acceptors (Lipinski definition) is 5. The van der Waals surface area contributed by atoms with Crippen molar-refractivity contribution in [2.24, 2.45) is 0 Å². The van der Waals surface area contributed by atoms with Crippen LogP contribution in [0.3, 0.4) is 0 Å². The molecule has 0 bridgehead atoms. The highest BCUT2D eigenvalue weighted by Gasteiger charge is 2.33. The molecule has 0 saturated heterocycles. The molecular weight excluding hydrogens is 327 g/mol. The van der Waals surface area contributed by atoms with Gasteiger partial charge in [0.1, 0.15) is 11.6 Å². The molecule has 24 heavy (non-hydrogen) atoms. The summed E-state index contributed by atoms with van der Waals surface area (Å²) in [7, 11) is 1.21. The Bertz CT molecular complexity index is 679. The average Bonchev–Trinajstić information content (AvgIpc) is 2.54. The zero-order valence-corrected chi connectivity index (χ0v) is 12.6. The molecule has 2 N–H and O–H groups in total. The molecule has 0 aliphatic carbocycles. The van der Waals surface area contributed by atoms with Gasteiger partial charge in [0, 0.05) is 12.7 Å². The summed E-state index contributed by atoms with van der Waals surface area (Å²) in [6.07, 6.45) is -3.61. The summed E-state index contributed by atoms with van der Waals surface area (Å²) in [5.74, 6) is -1.49. The third-order valence-corrected chi connectivity index (χ3v) is 2.79. The predicted molar refractivity (Wildman–Crippen MR) is 78.4 cm³/mol. The molecule has 0 spiro atoms. The summed E-state index contributed by atoms with van der Waals surface area (Å²) in [5.41, 5.74) is -1.91. The third-order valence-electron chi connectivity index (χ3n) is 2.79. The van der Waals surface area contributed by atoms with Gasteiger partial charge in [-0.1, -0.05) is 12.1 Å². The molecule has 0 heterocycles. The molecule has 1 amide bonds. The molecule has 0 fully saturated rings. The van der Waals surface area contributed by atoms with Crippen molar-refractivity contribution in [2.75, 3.05) is 19.0 Å². The fourth-order valence-corrected chi connectivity index (χ4v) is 1.63. The van der Waals surface area contributed by atoms with Crippen LogP contribution in [0.25, 0.3) is 0 Å². The second-order valence-electron chi connectivity index (χ2n) is 4.45. The molecule has 6 nitrogen and oxygen atoms in total. The van der Waals surface area contributed by atoms with Gasteiger partial charge in [-0.15, -0.1) is 0 Å². The minimum Gasteiger partial charge on any atom is -0.469 e. The molecule has 0 atom stereocenters. The van der Waals surface area contributed by atoms with Crippen LogP contribution in [-0.2, 0) is 20.5 Å². The van der Waals surface area contributed by atoms with Gasteiger partial charge >= 0.3 is 12.1 Å². The van der Waals surface area contributed by atoms with E-state index in [2.05, 4.69) is 10.1 Å². The maximum absolute atomic E-state index is 12.9. The van der Waals surface area contributed by atoms with Crippen LogP contribution in [0.15, 0.2) is 36.0 Å². The van der Waals surface area contributed by atoms with Crippen LogP contribution in [0.2, 0.25) is 0 Å². The number of hydrogen-bond donors (Lipinski definition) is 2. The lowest BCUT2D eigenvalue weighted by molar-refractivity contribution is -0.140. The number of benzene rings is 1. The van der Waals surface area contributed by atoms with Crippen molar-refractivity contribution in [1.82, 2.24) is 5.32 Å². The second-order valence-corrected chi connectivity index (χ2v) is 4.45. The first-order chi connectivity index (χ1) is 11.3. The number of nitriles is 1. The number of nitrogens with zero attached hydrogens (tertiary/aromatic N) is 1. The smallest absolute Gasteiger partial charge is 0.418 e. The average molecular weight is 341 g/mol. The zero-order chi connectivity index (χ0) is 18.2. The van der Waals surface area contributed by atoms with E-state index >= 15 is 0 Å². The Hall–Kier alpha value is -3.02. The highest BCUT2D eigenvalue weighted by atomic mass is 19.4. The molecule has 0 saturated carbocycles. The molecule has 0 aliphatic rings. The monoisotopic (exact) mass is 341 g/mol. The van der Waals surface area contributed by atoms with Gasteiger partial charge in [0.2, 0.25) is 0 Å². The van der Waals surface area contributed by atoms with Crippen LogP contribution in [0.4, 0.5) is 18.9 Å². The molecule has 1 rings (SSSR count). The van der Waals surface area contributed by atoms with Crippen LogP contribution < -0.4 is 10.6 Å². The van der Waals surface area contributed by atoms with Crippen molar-refractivity contribution < 1.29 is 27.5 Å². The quantitative estimate of drug-likeness (QED) is 0.358. The Balaban J connectivity index is 2.79. The van der Waals surface area contributed by atoms with Crippen LogP contribution in [-0.4, -0.2) is 25.5 Å². The van der Waals surface area contributed by atoms with Crippen molar-refractivity contribution >= 4 is 17.6 Å². The van der Waals surface area contributed by atoms with Gasteiger partial charge in [0.25, 0.3) is 5.91 Å². The summed E-state index contributed by atoms with van der Waals surface area (Å²) in [6.45, 7) is 0.101. The van der Waals surface area contributed by atoms with E-state index in [0.717, 1.165) is 18.3 Å². The maximum atomic E-state index is 12.9. The van der Waals surface area contributed by atoms with E-state index in [-0.39, 0.29) is 13.0 Å². The summed E-state index contributed by atoms with van der Waals surface area (Å²) >= 11 is 0. The second kappa shape index (κ2) is 8.57. The lowest BCUT2D eigenvalue weighted by Gasteiger charge is -2.13. The van der Waals surface area contributed by atoms with Crippen LogP contribution in [0.1, 0.15) is 12.0 Å². The number of nitrogens with one attached hydrogen (secondary N) is 2. The van der Waals surface area contributed by atoms with Crippen molar-refractivity contribution in [3.05, 3.63) is 41.6 Å². The zero-order valence-electron chi connectivity index (χ0n) is 12.6. The number of para-hydroxylation sites is 1. The SMILES string of the molecule is COC(=O)CCN/C=C(/C#N)C(=O)Nc1ccccc1C(F)(F)F. The lowest BCUT2D eigenvalue weighted by atomic mass is 10.1. The molecule has 0 aliphatic heterocycles.